The van der Waals surface area contributed by atoms with E-state index in [9.17, 15) is 4.79 Å². The molecule has 2 aliphatic carbocycles. The third-order valence-corrected chi connectivity index (χ3v) is 9.04. The van der Waals surface area contributed by atoms with Gasteiger partial charge in [0, 0.05) is 42.4 Å². The number of likely N-dealkylation sites (tertiary alicyclic amines) is 1. The zero-order valence-electron chi connectivity index (χ0n) is 20.6. The van der Waals surface area contributed by atoms with Crippen LogP contribution in [0.4, 0.5) is 0 Å². The summed E-state index contributed by atoms with van der Waals surface area (Å²) in [7, 11) is 0. The molecule has 1 aromatic carbocycles. The standard InChI is InChI=1S/C28H27N7O/c1-27(2)24-12-17-11-21-22(34-25(33-21)23-14-29-7-8-30-23)13-18(17)28(27,3)6-9-35(24)26(36)16-4-5-19-20(10-16)32-15-31-19/h4-5,7-8,10,13-15,24H,6,9,11-12H2,1-3H3,(H,31,32)/t24-,28+/m1/s1. The van der Waals surface area contributed by atoms with Crippen molar-refractivity contribution in [1.29, 1.82) is 0 Å². The van der Waals surface area contributed by atoms with Crippen molar-refractivity contribution >= 4 is 28.5 Å². The highest BCUT2D eigenvalue weighted by atomic mass is 16.2. The number of piperidine rings is 1. The third-order valence-electron chi connectivity index (χ3n) is 9.04. The molecule has 8 heteroatoms. The highest BCUT2D eigenvalue weighted by Gasteiger charge is 2.58. The Morgan fingerprint density at radius 2 is 2.03 bits per heavy atom. The summed E-state index contributed by atoms with van der Waals surface area (Å²) < 4.78 is 0. The van der Waals surface area contributed by atoms with Crippen molar-refractivity contribution in [2.24, 2.45) is 20.8 Å². The monoisotopic (exact) mass is 477 g/mol. The van der Waals surface area contributed by atoms with Gasteiger partial charge in [-0.25, -0.2) is 20.0 Å². The first kappa shape index (κ1) is 21.4. The Morgan fingerprint density at radius 1 is 1.14 bits per heavy atom. The van der Waals surface area contributed by atoms with E-state index in [1.807, 2.05) is 18.2 Å². The molecule has 1 N–H and O–H groups in total. The lowest BCUT2D eigenvalue weighted by Crippen LogP contribution is -2.62. The molecule has 1 saturated heterocycles. The SMILES string of the molecule is CC1(C)[C@H]2CC3=C(C=C4N=C(c5cnccn5)N=C4C3)[C@]1(C)CCN2C(=O)c1ccc2nc[nH]c2c1. The second-order valence-corrected chi connectivity index (χ2v) is 11.0. The fourth-order valence-electron chi connectivity index (χ4n) is 6.57. The van der Waals surface area contributed by atoms with E-state index < -0.39 is 0 Å². The molecule has 0 spiro atoms. The first-order valence-corrected chi connectivity index (χ1v) is 12.5. The summed E-state index contributed by atoms with van der Waals surface area (Å²) in [5.41, 5.74) is 7.69. The Balaban J connectivity index is 1.24. The predicted octanol–water partition coefficient (Wildman–Crippen LogP) is 4.49. The first-order valence-electron chi connectivity index (χ1n) is 12.5. The minimum atomic E-state index is -0.0976. The average molecular weight is 478 g/mol. The lowest BCUT2D eigenvalue weighted by Gasteiger charge is -2.61. The molecule has 8 nitrogen and oxygen atoms in total. The number of carbonyl (C=O) groups is 1. The number of allylic oxidation sites excluding steroid dienone is 3. The van der Waals surface area contributed by atoms with E-state index in [1.54, 1.807) is 24.9 Å². The van der Waals surface area contributed by atoms with Crippen LogP contribution in [0.2, 0.25) is 0 Å². The van der Waals surface area contributed by atoms with Gasteiger partial charge in [-0.2, -0.15) is 0 Å². The molecule has 2 aromatic heterocycles. The molecule has 0 unspecified atom stereocenters. The van der Waals surface area contributed by atoms with Gasteiger partial charge in [0.2, 0.25) is 0 Å². The van der Waals surface area contributed by atoms with Crippen LogP contribution in [0.3, 0.4) is 0 Å². The Hall–Kier alpha value is -3.94. The van der Waals surface area contributed by atoms with Gasteiger partial charge in [-0.15, -0.1) is 0 Å². The van der Waals surface area contributed by atoms with Crippen molar-refractivity contribution in [3.8, 4) is 0 Å². The summed E-state index contributed by atoms with van der Waals surface area (Å²) in [6.07, 6.45) is 11.5. The maximum Gasteiger partial charge on any atom is 0.254 e. The zero-order chi connectivity index (χ0) is 24.7. The van der Waals surface area contributed by atoms with Crippen molar-refractivity contribution in [2.45, 2.75) is 46.1 Å². The molecule has 4 aliphatic rings. The van der Waals surface area contributed by atoms with E-state index in [1.165, 1.54) is 11.1 Å². The van der Waals surface area contributed by atoms with E-state index in [-0.39, 0.29) is 22.8 Å². The normalized spacial score (nSPS) is 26.2. The minimum absolute atomic E-state index is 0.0568. The highest BCUT2D eigenvalue weighted by molar-refractivity contribution is 6.18. The maximum absolute atomic E-state index is 13.8. The topological polar surface area (TPSA) is 99.5 Å². The first-order chi connectivity index (χ1) is 17.3. The van der Waals surface area contributed by atoms with Crippen LogP contribution in [0.15, 0.2) is 76.0 Å². The Bertz CT molecular complexity index is 1560. The molecule has 3 aromatic rings. The second-order valence-electron chi connectivity index (χ2n) is 11.0. The molecule has 2 atom stereocenters. The van der Waals surface area contributed by atoms with Gasteiger partial charge in [0.05, 0.1) is 35.0 Å². The number of rotatable bonds is 2. The van der Waals surface area contributed by atoms with Crippen LogP contribution >= 0.6 is 0 Å². The zero-order valence-corrected chi connectivity index (χ0v) is 20.6. The number of hydrogen-bond acceptors (Lipinski definition) is 6. The molecule has 180 valence electrons. The number of hydrogen-bond donors (Lipinski definition) is 1. The molecule has 2 aliphatic heterocycles. The average Bonchev–Trinajstić information content (AvgIpc) is 3.52. The van der Waals surface area contributed by atoms with Crippen LogP contribution in [-0.2, 0) is 0 Å². The number of aromatic nitrogens is 4. The predicted molar refractivity (Wildman–Crippen MR) is 138 cm³/mol. The van der Waals surface area contributed by atoms with Crippen LogP contribution in [0.5, 0.6) is 0 Å². The molecular formula is C28H27N7O. The number of benzene rings is 1. The third kappa shape index (κ3) is 2.87. The summed E-state index contributed by atoms with van der Waals surface area (Å²) in [4.78, 5) is 41.5. The molecular weight excluding hydrogens is 450 g/mol. The van der Waals surface area contributed by atoms with Crippen molar-refractivity contribution < 1.29 is 4.79 Å². The number of H-pyrrole nitrogens is 1. The van der Waals surface area contributed by atoms with Crippen molar-refractivity contribution in [3.05, 3.63) is 77.3 Å². The number of nitrogens with one attached hydrogen (secondary N) is 1. The Morgan fingerprint density at radius 3 is 2.86 bits per heavy atom. The Kier molecular flexibility index (Phi) is 4.32. The van der Waals surface area contributed by atoms with E-state index in [2.05, 4.69) is 51.7 Å². The van der Waals surface area contributed by atoms with Gasteiger partial charge in [-0.1, -0.05) is 26.3 Å². The number of amides is 1. The van der Waals surface area contributed by atoms with Crippen LogP contribution in [0.1, 0.15) is 56.1 Å². The van der Waals surface area contributed by atoms with Gasteiger partial charge in [0.1, 0.15) is 5.69 Å². The maximum atomic E-state index is 13.8. The summed E-state index contributed by atoms with van der Waals surface area (Å²) in [5.74, 6) is 0.719. The number of fused-ring (bicyclic) bond motifs is 5. The number of nitrogens with zero attached hydrogens (tertiary/aromatic N) is 6. The largest absolute Gasteiger partial charge is 0.345 e. The highest BCUT2D eigenvalue weighted by Crippen LogP contribution is 2.61. The molecule has 0 radical (unpaired) electrons. The number of amidine groups is 1. The van der Waals surface area contributed by atoms with Gasteiger partial charge in [0.25, 0.3) is 5.91 Å². The van der Waals surface area contributed by atoms with E-state index in [4.69, 9.17) is 9.98 Å². The number of imidazole rings is 1. The number of carbonyl (C=O) groups excluding carboxylic acids is 1. The minimum Gasteiger partial charge on any atom is -0.345 e. The van der Waals surface area contributed by atoms with E-state index >= 15 is 0 Å². The van der Waals surface area contributed by atoms with Gasteiger partial charge < -0.3 is 9.88 Å². The van der Waals surface area contributed by atoms with Gasteiger partial charge in [-0.05, 0) is 48.1 Å². The number of aliphatic imine (C=N–C) groups is 2. The summed E-state index contributed by atoms with van der Waals surface area (Å²) in [5, 5.41) is 0. The smallest absolute Gasteiger partial charge is 0.254 e. The lowest BCUT2D eigenvalue weighted by molar-refractivity contribution is -0.0461. The number of aromatic amines is 1. The Labute approximate surface area is 209 Å². The van der Waals surface area contributed by atoms with E-state index in [0.717, 1.165) is 48.2 Å². The second kappa shape index (κ2) is 7.29. The van der Waals surface area contributed by atoms with Crippen molar-refractivity contribution in [2.75, 3.05) is 6.54 Å². The van der Waals surface area contributed by atoms with Crippen LogP contribution in [0, 0.1) is 10.8 Å². The molecule has 7 rings (SSSR count). The molecule has 1 amide bonds. The molecule has 4 heterocycles. The quantitative estimate of drug-likeness (QED) is 0.588. The lowest BCUT2D eigenvalue weighted by atomic mass is 9.50. The molecule has 2 bridgehead atoms. The van der Waals surface area contributed by atoms with Crippen molar-refractivity contribution in [3.63, 3.8) is 0 Å². The van der Waals surface area contributed by atoms with E-state index in [0.29, 0.717) is 17.1 Å². The van der Waals surface area contributed by atoms with Gasteiger partial charge >= 0.3 is 0 Å². The van der Waals surface area contributed by atoms with Crippen molar-refractivity contribution in [1.82, 2.24) is 24.8 Å². The van der Waals surface area contributed by atoms with Gasteiger partial charge in [-0.3, -0.25) is 9.78 Å². The summed E-state index contributed by atoms with van der Waals surface area (Å²) in [6, 6.07) is 5.85. The van der Waals surface area contributed by atoms with Gasteiger partial charge in [0.15, 0.2) is 5.84 Å². The van der Waals surface area contributed by atoms with Crippen LogP contribution in [0.25, 0.3) is 11.0 Å². The van der Waals surface area contributed by atoms with Crippen LogP contribution in [-0.4, -0.2) is 54.9 Å². The fourth-order valence-corrected chi connectivity index (χ4v) is 6.57. The molecule has 1 fully saturated rings. The molecule has 36 heavy (non-hydrogen) atoms. The summed E-state index contributed by atoms with van der Waals surface area (Å²) in [6.45, 7) is 7.75. The molecule has 0 saturated carbocycles. The summed E-state index contributed by atoms with van der Waals surface area (Å²) >= 11 is 0. The van der Waals surface area contributed by atoms with Crippen LogP contribution < -0.4 is 0 Å². The fraction of sp³-hybridized carbons (Fsp3) is 0.357.